The average Bonchev–Trinajstić information content (AvgIpc) is 2.86. The Balaban J connectivity index is 1.85. The van der Waals surface area contributed by atoms with E-state index >= 15 is 0 Å². The zero-order chi connectivity index (χ0) is 26.8. The van der Waals surface area contributed by atoms with E-state index in [1.807, 2.05) is 88.4 Å². The maximum Gasteiger partial charge on any atom is 0.326 e. The highest BCUT2D eigenvalue weighted by Gasteiger charge is 2.40. The Bertz CT molecular complexity index is 970. The van der Waals surface area contributed by atoms with E-state index in [1.165, 1.54) is 0 Å². The minimum atomic E-state index is -0.805. The average molecular weight is 511 g/mol. The van der Waals surface area contributed by atoms with Gasteiger partial charge in [0, 0.05) is 13.2 Å². The third-order valence-corrected chi connectivity index (χ3v) is 6.41. The first kappa shape index (κ1) is 28.8. The second kappa shape index (κ2) is 13.7. The standard InChI is InChI=1S/C30H42N2O5/c1-22(36-26-18-12-13-19-35-26)27(29(34)37-30(2,3)4)32(5)25(20-23-14-8-6-9-15-23)28(33)31-21-24-16-10-7-11-17-24/h6-11,14-17,22,25-27H,12-13,18-21H2,1-5H3,(H,31,33)/t22-,25-,26-,27-/m0/s1. The number of amides is 1. The first-order chi connectivity index (χ1) is 17.6. The van der Waals surface area contributed by atoms with Crippen molar-refractivity contribution < 1.29 is 23.8 Å². The van der Waals surface area contributed by atoms with E-state index in [0.717, 1.165) is 30.4 Å². The Morgan fingerprint density at radius 2 is 1.65 bits per heavy atom. The van der Waals surface area contributed by atoms with Crippen LogP contribution in [0.4, 0.5) is 0 Å². The lowest BCUT2D eigenvalue weighted by Crippen LogP contribution is -2.58. The molecule has 1 fully saturated rings. The monoisotopic (exact) mass is 510 g/mol. The number of ether oxygens (including phenoxy) is 3. The van der Waals surface area contributed by atoms with Gasteiger partial charge in [-0.2, -0.15) is 0 Å². The van der Waals surface area contributed by atoms with Gasteiger partial charge in [-0.15, -0.1) is 0 Å². The smallest absolute Gasteiger partial charge is 0.326 e. The van der Waals surface area contributed by atoms with E-state index in [2.05, 4.69) is 5.32 Å². The molecule has 37 heavy (non-hydrogen) atoms. The molecule has 1 aliphatic rings. The van der Waals surface area contributed by atoms with Gasteiger partial charge in [0.05, 0.1) is 12.1 Å². The number of carbonyl (C=O) groups excluding carboxylic acids is 2. The minimum absolute atomic E-state index is 0.162. The predicted molar refractivity (Wildman–Crippen MR) is 144 cm³/mol. The van der Waals surface area contributed by atoms with Gasteiger partial charge >= 0.3 is 5.97 Å². The van der Waals surface area contributed by atoms with Crippen molar-refractivity contribution in [3.8, 4) is 0 Å². The van der Waals surface area contributed by atoms with Gasteiger partial charge in [0.2, 0.25) is 5.91 Å². The highest BCUT2D eigenvalue weighted by atomic mass is 16.7. The van der Waals surface area contributed by atoms with Crippen molar-refractivity contribution in [1.82, 2.24) is 10.2 Å². The van der Waals surface area contributed by atoms with Crippen LogP contribution in [0.25, 0.3) is 0 Å². The van der Waals surface area contributed by atoms with Crippen LogP contribution in [0.2, 0.25) is 0 Å². The second-order valence-corrected chi connectivity index (χ2v) is 10.7. The SMILES string of the molecule is C[C@H](O[C@H]1CCCCO1)[C@@H](C(=O)OC(C)(C)C)N(C)[C@@H](Cc1ccccc1)C(=O)NCc1ccccc1. The largest absolute Gasteiger partial charge is 0.459 e. The number of nitrogens with zero attached hydrogens (tertiary/aromatic N) is 1. The molecular weight excluding hydrogens is 468 g/mol. The number of carbonyl (C=O) groups is 2. The van der Waals surface area contributed by atoms with Crippen LogP contribution >= 0.6 is 0 Å². The Hall–Kier alpha value is -2.74. The lowest BCUT2D eigenvalue weighted by Gasteiger charge is -2.38. The number of likely N-dealkylation sites (N-methyl/N-ethyl adjacent to an activating group) is 1. The van der Waals surface area contributed by atoms with E-state index in [-0.39, 0.29) is 12.2 Å². The summed E-state index contributed by atoms with van der Waals surface area (Å²) in [7, 11) is 1.80. The van der Waals surface area contributed by atoms with Crippen molar-refractivity contribution in [2.45, 2.75) is 90.0 Å². The van der Waals surface area contributed by atoms with Crippen molar-refractivity contribution in [2.75, 3.05) is 13.7 Å². The van der Waals surface area contributed by atoms with Crippen LogP contribution < -0.4 is 5.32 Å². The maximum atomic E-state index is 13.6. The van der Waals surface area contributed by atoms with Crippen LogP contribution in [0.3, 0.4) is 0 Å². The summed E-state index contributed by atoms with van der Waals surface area (Å²) in [5.41, 5.74) is 1.33. The van der Waals surface area contributed by atoms with Crippen molar-refractivity contribution in [1.29, 1.82) is 0 Å². The Morgan fingerprint density at radius 1 is 1.03 bits per heavy atom. The molecular formula is C30H42N2O5. The molecule has 1 aliphatic heterocycles. The molecule has 1 amide bonds. The van der Waals surface area contributed by atoms with Gasteiger partial charge in [-0.05, 0) is 71.6 Å². The van der Waals surface area contributed by atoms with E-state index in [0.29, 0.717) is 19.6 Å². The van der Waals surface area contributed by atoms with Gasteiger partial charge in [0.15, 0.2) is 6.29 Å². The zero-order valence-electron chi connectivity index (χ0n) is 22.8. The maximum absolute atomic E-state index is 13.6. The third kappa shape index (κ3) is 9.26. The summed E-state index contributed by atoms with van der Waals surface area (Å²) in [6, 6.07) is 18.2. The number of nitrogens with one attached hydrogen (secondary N) is 1. The van der Waals surface area contributed by atoms with Crippen LogP contribution in [0.5, 0.6) is 0 Å². The summed E-state index contributed by atoms with van der Waals surface area (Å²) in [6.07, 6.45) is 2.31. The Kier molecular flexibility index (Phi) is 10.7. The van der Waals surface area contributed by atoms with Crippen LogP contribution in [-0.4, -0.2) is 60.5 Å². The van der Waals surface area contributed by atoms with E-state index in [9.17, 15) is 9.59 Å². The molecule has 1 N–H and O–H groups in total. The fraction of sp³-hybridized carbons (Fsp3) is 0.533. The van der Waals surface area contributed by atoms with E-state index < -0.39 is 29.8 Å². The van der Waals surface area contributed by atoms with Crippen molar-refractivity contribution in [3.63, 3.8) is 0 Å². The first-order valence-corrected chi connectivity index (χ1v) is 13.2. The van der Waals surface area contributed by atoms with Crippen molar-refractivity contribution in [3.05, 3.63) is 71.8 Å². The van der Waals surface area contributed by atoms with Crippen LogP contribution in [0, 0.1) is 0 Å². The fourth-order valence-electron chi connectivity index (χ4n) is 4.54. The Morgan fingerprint density at radius 3 is 2.22 bits per heavy atom. The first-order valence-electron chi connectivity index (χ1n) is 13.2. The van der Waals surface area contributed by atoms with Gasteiger partial charge in [-0.25, -0.2) is 0 Å². The molecule has 0 bridgehead atoms. The molecule has 0 spiro atoms. The lowest BCUT2D eigenvalue weighted by molar-refractivity contribution is -0.205. The van der Waals surface area contributed by atoms with Gasteiger partial charge in [-0.1, -0.05) is 60.7 Å². The molecule has 1 saturated heterocycles. The fourth-order valence-corrected chi connectivity index (χ4v) is 4.54. The van der Waals surface area contributed by atoms with E-state index in [4.69, 9.17) is 14.2 Å². The molecule has 4 atom stereocenters. The van der Waals surface area contributed by atoms with E-state index in [1.54, 1.807) is 11.9 Å². The van der Waals surface area contributed by atoms with Crippen LogP contribution in [0.15, 0.2) is 60.7 Å². The second-order valence-electron chi connectivity index (χ2n) is 10.7. The molecule has 0 saturated carbocycles. The summed E-state index contributed by atoms with van der Waals surface area (Å²) in [6.45, 7) is 8.41. The summed E-state index contributed by atoms with van der Waals surface area (Å²) >= 11 is 0. The number of rotatable bonds is 11. The normalized spacial score (nSPS) is 18.6. The van der Waals surface area contributed by atoms with Crippen molar-refractivity contribution in [2.24, 2.45) is 0 Å². The number of hydrogen-bond donors (Lipinski definition) is 1. The topological polar surface area (TPSA) is 77.1 Å². The summed E-state index contributed by atoms with van der Waals surface area (Å²) in [4.78, 5) is 28.9. The van der Waals surface area contributed by atoms with Crippen molar-refractivity contribution >= 4 is 11.9 Å². The number of benzene rings is 2. The van der Waals surface area contributed by atoms with Gasteiger partial charge in [-0.3, -0.25) is 14.5 Å². The molecule has 0 aromatic heterocycles. The third-order valence-electron chi connectivity index (χ3n) is 6.41. The summed E-state index contributed by atoms with van der Waals surface area (Å²) < 4.78 is 17.8. The van der Waals surface area contributed by atoms with Gasteiger partial charge in [0.25, 0.3) is 0 Å². The quantitative estimate of drug-likeness (QED) is 0.449. The van der Waals surface area contributed by atoms with Crippen LogP contribution in [-0.2, 0) is 36.8 Å². The zero-order valence-corrected chi connectivity index (χ0v) is 22.8. The molecule has 7 heteroatoms. The minimum Gasteiger partial charge on any atom is -0.459 e. The summed E-state index contributed by atoms with van der Waals surface area (Å²) in [5, 5.41) is 3.06. The van der Waals surface area contributed by atoms with Gasteiger partial charge in [0.1, 0.15) is 11.6 Å². The molecule has 202 valence electrons. The molecule has 2 aromatic carbocycles. The summed E-state index contributed by atoms with van der Waals surface area (Å²) in [5.74, 6) is -0.586. The molecule has 3 rings (SSSR count). The molecule has 1 heterocycles. The lowest BCUT2D eigenvalue weighted by atomic mass is 10.0. The molecule has 2 aromatic rings. The number of esters is 1. The van der Waals surface area contributed by atoms with Crippen LogP contribution in [0.1, 0.15) is 58.1 Å². The highest BCUT2D eigenvalue weighted by molar-refractivity contribution is 5.84. The molecule has 0 radical (unpaired) electrons. The Labute approximate surface area is 221 Å². The molecule has 7 nitrogen and oxygen atoms in total. The number of hydrogen-bond acceptors (Lipinski definition) is 6. The van der Waals surface area contributed by atoms with Gasteiger partial charge < -0.3 is 19.5 Å². The molecule has 0 aliphatic carbocycles. The highest BCUT2D eigenvalue weighted by Crippen LogP contribution is 2.23. The molecule has 0 unspecified atom stereocenters. The predicted octanol–water partition coefficient (Wildman–Crippen LogP) is 4.49.